The molecule has 3 nitrogen and oxygen atoms in total. The lowest BCUT2D eigenvalue weighted by Gasteiger charge is -2.46. The third-order valence-corrected chi connectivity index (χ3v) is 7.71. The molecule has 0 bridgehead atoms. The molecule has 0 unspecified atom stereocenters. The minimum Gasteiger partial charge on any atom is -0.367 e. The third kappa shape index (κ3) is 5.44. The molecule has 0 spiro atoms. The Labute approximate surface area is 204 Å². The van der Waals surface area contributed by atoms with Gasteiger partial charge in [0.1, 0.15) is 0 Å². The molecule has 0 aromatic heterocycles. The van der Waals surface area contributed by atoms with Crippen LogP contribution in [0.3, 0.4) is 0 Å². The molecule has 0 aliphatic carbocycles. The molecule has 0 radical (unpaired) electrons. The lowest BCUT2D eigenvalue weighted by Crippen LogP contribution is -2.79. The molecule has 21 heteroatoms. The van der Waals surface area contributed by atoms with Gasteiger partial charge in [-0.25, -0.2) is 0 Å². The van der Waals surface area contributed by atoms with Gasteiger partial charge >= 0.3 is 56.1 Å². The summed E-state index contributed by atoms with van der Waals surface area (Å²) in [5, 5.41) is 0. The van der Waals surface area contributed by atoms with E-state index in [4.69, 9.17) is 0 Å². The highest BCUT2D eigenvalue weighted by molar-refractivity contribution is 6.64. The average Bonchev–Trinajstić information content (AvgIpc) is 2.64. The Morgan fingerprint density at radius 2 is 0.579 bits per heavy atom. The Morgan fingerprint density at radius 3 is 0.789 bits per heavy atom. The van der Waals surface area contributed by atoms with Gasteiger partial charge in [-0.1, -0.05) is 0 Å². The molecular formula is C17H21F17O3Si. The molecule has 0 aromatic rings. The highest BCUT2D eigenvalue weighted by Crippen LogP contribution is 2.64. The predicted octanol–water partition coefficient (Wildman–Crippen LogP) is 7.75. The lowest BCUT2D eigenvalue weighted by atomic mass is 9.91. The fraction of sp³-hybridized carbons (Fsp3) is 1.00. The predicted molar refractivity (Wildman–Crippen MR) is 95.1 cm³/mol. The highest BCUT2D eigenvalue weighted by atomic mass is 28.4. The molecule has 38 heavy (non-hydrogen) atoms. The summed E-state index contributed by atoms with van der Waals surface area (Å²) < 4.78 is 246. The molecule has 0 saturated heterocycles. The van der Waals surface area contributed by atoms with Crippen LogP contribution in [0, 0.1) is 0 Å². The maximum Gasteiger partial charge on any atom is 0.582 e. The first-order chi connectivity index (χ1) is 16.2. The van der Waals surface area contributed by atoms with Crippen LogP contribution in [0.2, 0.25) is 0 Å². The van der Waals surface area contributed by atoms with Gasteiger partial charge in [0.15, 0.2) is 0 Å². The van der Waals surface area contributed by atoms with Crippen LogP contribution in [0.4, 0.5) is 74.6 Å². The van der Waals surface area contributed by atoms with Crippen LogP contribution in [0.15, 0.2) is 0 Å². The Kier molecular flexibility index (Phi) is 10.1. The summed E-state index contributed by atoms with van der Waals surface area (Å²) in [6.07, 6.45) is -13.0. The monoisotopic (exact) mass is 624 g/mol. The van der Waals surface area contributed by atoms with E-state index in [0.29, 0.717) is 0 Å². The minimum atomic E-state index is -8.72. The van der Waals surface area contributed by atoms with E-state index in [1.54, 1.807) is 0 Å². The van der Waals surface area contributed by atoms with Crippen LogP contribution in [-0.2, 0) is 13.3 Å². The lowest BCUT2D eigenvalue weighted by molar-refractivity contribution is -0.459. The molecule has 0 amide bonds. The number of rotatable bonds is 13. The van der Waals surface area contributed by atoms with E-state index in [2.05, 4.69) is 13.3 Å². The zero-order chi connectivity index (χ0) is 31.4. The summed E-state index contributed by atoms with van der Waals surface area (Å²) in [7, 11) is -6.87. The number of hydrogen-bond acceptors (Lipinski definition) is 3. The second kappa shape index (κ2) is 10.4. The molecule has 0 rings (SSSR count). The molecule has 0 aliphatic heterocycles. The molecule has 0 N–H and O–H groups in total. The van der Waals surface area contributed by atoms with Crippen molar-refractivity contribution in [3.8, 4) is 0 Å². The van der Waals surface area contributed by atoms with Crippen molar-refractivity contribution < 1.29 is 87.9 Å². The van der Waals surface area contributed by atoms with Crippen molar-refractivity contribution in [1.29, 1.82) is 0 Å². The molecule has 230 valence electrons. The van der Waals surface area contributed by atoms with Crippen molar-refractivity contribution in [3.05, 3.63) is 0 Å². The first kappa shape index (κ1) is 36.9. The van der Waals surface area contributed by atoms with Crippen molar-refractivity contribution in [2.24, 2.45) is 0 Å². The van der Waals surface area contributed by atoms with Crippen molar-refractivity contribution >= 4 is 8.80 Å². The number of alkyl halides is 17. The van der Waals surface area contributed by atoms with Crippen LogP contribution in [-0.4, -0.2) is 74.4 Å². The number of hydrogen-bond donors (Lipinski definition) is 0. The maximum atomic E-state index is 15.1. The van der Waals surface area contributed by atoms with Crippen molar-refractivity contribution in [1.82, 2.24) is 0 Å². The normalized spacial score (nSPS) is 16.3. The summed E-state index contributed by atoms with van der Waals surface area (Å²) in [5.41, 5.74) is -6.93. The van der Waals surface area contributed by atoms with Gasteiger partial charge in [0.05, 0.1) is 0 Å². The van der Waals surface area contributed by atoms with Crippen molar-refractivity contribution in [2.45, 2.75) is 107 Å². The third-order valence-electron chi connectivity index (χ3n) is 4.28. The standard InChI is InChI=1S/C17H21F17O3Si/c1-7(2)35-38(36-8(3)4,37-9(5)6)17(33,34)15(28,29)13(24,25)11(20,21)10(18,19)12(22,23)14(26,27)16(30,31)32/h7-9H,1-6H3. The van der Waals surface area contributed by atoms with Gasteiger partial charge in [-0.05, 0) is 41.5 Å². The molecule has 0 aromatic carbocycles. The van der Waals surface area contributed by atoms with Crippen molar-refractivity contribution in [2.75, 3.05) is 0 Å². The summed E-state index contributed by atoms with van der Waals surface area (Å²) in [6, 6.07) is 0. The summed E-state index contributed by atoms with van der Waals surface area (Å²) in [6.45, 7) is 4.69. The first-order valence-electron chi connectivity index (χ1n) is 10.00. The average molecular weight is 624 g/mol. The molecule has 0 saturated carbocycles. The van der Waals surface area contributed by atoms with Gasteiger partial charge in [-0.2, -0.15) is 74.6 Å². The van der Waals surface area contributed by atoms with Gasteiger partial charge in [0.25, 0.3) is 0 Å². The summed E-state index contributed by atoms with van der Waals surface area (Å²) >= 11 is 0. The SMILES string of the molecule is CC(C)O[Si](OC(C)C)(OC(C)C)C(F)(F)C(F)(F)C(F)(F)C(F)(F)C(F)(F)C(F)(F)C(F)(F)C(F)(F)F. The Hall–Kier alpha value is -1.09. The van der Waals surface area contributed by atoms with E-state index in [1.807, 2.05) is 0 Å². The van der Waals surface area contributed by atoms with E-state index < -0.39 is 74.4 Å². The molecule has 0 atom stereocenters. The zero-order valence-electron chi connectivity index (χ0n) is 19.9. The Morgan fingerprint density at radius 1 is 0.368 bits per heavy atom. The molecular weight excluding hydrogens is 603 g/mol. The molecule has 0 aliphatic rings. The van der Waals surface area contributed by atoms with E-state index in [0.717, 1.165) is 41.5 Å². The topological polar surface area (TPSA) is 27.7 Å². The van der Waals surface area contributed by atoms with Gasteiger partial charge in [-0.3, -0.25) is 0 Å². The van der Waals surface area contributed by atoms with Gasteiger partial charge in [0.2, 0.25) is 0 Å². The van der Waals surface area contributed by atoms with Crippen LogP contribution >= 0.6 is 0 Å². The van der Waals surface area contributed by atoms with Crippen molar-refractivity contribution in [3.63, 3.8) is 0 Å². The molecule has 0 heterocycles. The van der Waals surface area contributed by atoms with Gasteiger partial charge in [-0.15, -0.1) is 0 Å². The maximum absolute atomic E-state index is 15.1. The highest BCUT2D eigenvalue weighted by Gasteiger charge is 2.97. The van der Waals surface area contributed by atoms with Crippen LogP contribution in [0.1, 0.15) is 41.5 Å². The zero-order valence-corrected chi connectivity index (χ0v) is 20.9. The van der Waals surface area contributed by atoms with E-state index >= 15 is 8.78 Å². The van der Waals surface area contributed by atoms with Gasteiger partial charge < -0.3 is 13.3 Å². The van der Waals surface area contributed by atoms with E-state index in [1.165, 1.54) is 0 Å². The second-order valence-electron chi connectivity index (χ2n) is 8.57. The minimum absolute atomic E-state index is 0.782. The van der Waals surface area contributed by atoms with E-state index in [-0.39, 0.29) is 0 Å². The van der Waals surface area contributed by atoms with Gasteiger partial charge in [0, 0.05) is 18.3 Å². The van der Waals surface area contributed by atoms with E-state index in [9.17, 15) is 65.9 Å². The molecule has 0 fully saturated rings. The van der Waals surface area contributed by atoms with Crippen LogP contribution < -0.4 is 0 Å². The fourth-order valence-corrected chi connectivity index (χ4v) is 5.61. The summed E-state index contributed by atoms with van der Waals surface area (Å²) in [5.74, 6) is -50.7. The summed E-state index contributed by atoms with van der Waals surface area (Å²) in [4.78, 5) is 0. The Balaban J connectivity index is 7.35. The Bertz CT molecular complexity index is 782. The fourth-order valence-electron chi connectivity index (χ4n) is 2.59. The largest absolute Gasteiger partial charge is 0.582 e. The quantitative estimate of drug-likeness (QED) is 0.155. The smallest absolute Gasteiger partial charge is 0.367 e. The second-order valence-corrected chi connectivity index (χ2v) is 11.0. The van der Waals surface area contributed by atoms with Crippen LogP contribution in [0.5, 0.6) is 0 Å². The van der Waals surface area contributed by atoms with Crippen LogP contribution in [0.25, 0.3) is 0 Å². The first-order valence-corrected chi connectivity index (χ1v) is 11.7. The number of halogens is 17.